The van der Waals surface area contributed by atoms with Crippen molar-refractivity contribution in [2.24, 2.45) is 10.2 Å². The Labute approximate surface area is 222 Å². The number of carbonyl (C=O) groups excluding carboxylic acids is 1. The number of halogens is 2. The smallest absolute Gasteiger partial charge is 0.294 e. The highest BCUT2D eigenvalue weighted by Crippen LogP contribution is 2.41. The first kappa shape index (κ1) is 26.4. The molecule has 0 aromatic heterocycles. The highest BCUT2D eigenvalue weighted by atomic mass is 35.5. The summed E-state index contributed by atoms with van der Waals surface area (Å²) in [5, 5.41) is 23.2. The number of hydrogen-bond acceptors (Lipinski definition) is 7. The maximum absolute atomic E-state index is 13.1. The van der Waals surface area contributed by atoms with Gasteiger partial charge in [-0.25, -0.2) is 0 Å². The zero-order valence-electron chi connectivity index (χ0n) is 19.4. The minimum absolute atomic E-state index is 0.00310. The number of aromatic hydroxyl groups is 1. The Balaban J connectivity index is 1.78. The van der Waals surface area contributed by atoms with Crippen molar-refractivity contribution in [2.45, 2.75) is 11.8 Å². The van der Waals surface area contributed by atoms with Crippen molar-refractivity contribution >= 4 is 67.1 Å². The lowest BCUT2D eigenvalue weighted by atomic mass is 10.0. The van der Waals surface area contributed by atoms with Crippen LogP contribution in [0.5, 0.6) is 11.5 Å². The van der Waals surface area contributed by atoms with Gasteiger partial charge in [0.2, 0.25) is 0 Å². The predicted molar refractivity (Wildman–Crippen MR) is 142 cm³/mol. The highest BCUT2D eigenvalue weighted by Gasteiger charge is 2.21. The van der Waals surface area contributed by atoms with E-state index in [1.54, 1.807) is 36.4 Å². The largest absolute Gasteiger partial charge is 0.505 e. The number of nitrogens with one attached hydrogen (secondary N) is 1. The molecule has 0 saturated carbocycles. The number of anilines is 1. The van der Waals surface area contributed by atoms with Crippen molar-refractivity contribution in [3.05, 3.63) is 81.8 Å². The third-order valence-corrected chi connectivity index (χ3v) is 7.30. The first-order chi connectivity index (χ1) is 17.5. The standard InChI is InChI=1S/C25H19Cl2N3O6S/c1-13-21(37(33,34)35)10-9-20(22(13)27)29-30-23-16-6-4-3-5-14(16)11-17(24(23)31)25(32)28-19-8-7-15(36-2)12-18(19)26/h3-12,31H,1-2H3,(H,28,32)(H,33,34,35). The lowest BCUT2D eigenvalue weighted by Crippen LogP contribution is -2.12. The number of hydrogen-bond donors (Lipinski definition) is 3. The fourth-order valence-corrected chi connectivity index (χ4v) is 4.82. The van der Waals surface area contributed by atoms with E-state index in [-0.39, 0.29) is 37.4 Å². The van der Waals surface area contributed by atoms with E-state index in [9.17, 15) is 22.9 Å². The molecule has 0 atom stereocenters. The molecular weight excluding hydrogens is 541 g/mol. The number of carbonyl (C=O) groups is 1. The van der Waals surface area contributed by atoms with Gasteiger partial charge in [0.25, 0.3) is 16.0 Å². The van der Waals surface area contributed by atoms with E-state index < -0.39 is 21.8 Å². The molecular formula is C25H19Cl2N3O6S. The van der Waals surface area contributed by atoms with Gasteiger partial charge < -0.3 is 15.2 Å². The SMILES string of the molecule is COc1ccc(NC(=O)c2cc3ccccc3c(N=Nc3ccc(S(=O)(=O)O)c(C)c3Cl)c2O)c(Cl)c1. The number of azo groups is 1. The molecule has 0 radical (unpaired) electrons. The molecule has 12 heteroatoms. The van der Waals surface area contributed by atoms with E-state index >= 15 is 0 Å². The third kappa shape index (κ3) is 5.37. The van der Waals surface area contributed by atoms with E-state index in [4.69, 9.17) is 27.9 Å². The van der Waals surface area contributed by atoms with E-state index in [1.807, 2.05) is 0 Å². The lowest BCUT2D eigenvalue weighted by molar-refractivity contribution is 0.102. The molecule has 0 heterocycles. The quantitative estimate of drug-likeness (QED) is 0.170. The van der Waals surface area contributed by atoms with Gasteiger partial charge in [0, 0.05) is 11.5 Å². The molecule has 0 spiro atoms. The van der Waals surface area contributed by atoms with Gasteiger partial charge in [-0.1, -0.05) is 47.5 Å². The number of phenolic OH excluding ortho intramolecular Hbond substituents is 1. The summed E-state index contributed by atoms with van der Waals surface area (Å²) in [6.45, 7) is 1.41. The Morgan fingerprint density at radius 2 is 1.76 bits per heavy atom. The first-order valence-electron chi connectivity index (χ1n) is 10.6. The molecule has 0 saturated heterocycles. The molecule has 0 bridgehead atoms. The Bertz CT molecular complexity index is 1690. The van der Waals surface area contributed by atoms with Gasteiger partial charge in [0.05, 0.1) is 33.3 Å². The molecule has 0 fully saturated rings. The summed E-state index contributed by atoms with van der Waals surface area (Å²) in [6.07, 6.45) is 0. The van der Waals surface area contributed by atoms with Crippen molar-refractivity contribution in [3.8, 4) is 11.5 Å². The number of methoxy groups -OCH3 is 1. The summed E-state index contributed by atoms with van der Waals surface area (Å²) >= 11 is 12.5. The minimum atomic E-state index is -4.48. The molecule has 4 aromatic rings. The zero-order chi connectivity index (χ0) is 26.9. The van der Waals surface area contributed by atoms with Gasteiger partial charge in [0.1, 0.15) is 17.1 Å². The number of phenols is 1. The van der Waals surface area contributed by atoms with Crippen molar-refractivity contribution in [3.63, 3.8) is 0 Å². The van der Waals surface area contributed by atoms with Gasteiger partial charge in [-0.15, -0.1) is 10.2 Å². The van der Waals surface area contributed by atoms with Crippen LogP contribution in [0.3, 0.4) is 0 Å². The summed E-state index contributed by atoms with van der Waals surface area (Å²) in [5.74, 6) is -0.567. The molecule has 0 aliphatic rings. The van der Waals surface area contributed by atoms with E-state index in [2.05, 4.69) is 15.5 Å². The highest BCUT2D eigenvalue weighted by molar-refractivity contribution is 7.85. The van der Waals surface area contributed by atoms with Crippen LogP contribution in [0.15, 0.2) is 75.8 Å². The fraction of sp³-hybridized carbons (Fsp3) is 0.0800. The molecule has 3 N–H and O–H groups in total. The Hall–Kier alpha value is -3.70. The van der Waals surface area contributed by atoms with Gasteiger partial charge in [-0.2, -0.15) is 8.42 Å². The first-order valence-corrected chi connectivity index (χ1v) is 12.8. The average Bonchev–Trinajstić information content (AvgIpc) is 2.85. The van der Waals surface area contributed by atoms with Crippen molar-refractivity contribution in [1.82, 2.24) is 0 Å². The monoisotopic (exact) mass is 559 g/mol. The maximum Gasteiger partial charge on any atom is 0.294 e. The summed E-state index contributed by atoms with van der Waals surface area (Å²) < 4.78 is 37.5. The van der Waals surface area contributed by atoms with Crippen molar-refractivity contribution < 1.29 is 27.6 Å². The average molecular weight is 560 g/mol. The third-order valence-electron chi connectivity index (χ3n) is 5.52. The van der Waals surface area contributed by atoms with Crippen LogP contribution in [0, 0.1) is 6.92 Å². The molecule has 9 nitrogen and oxygen atoms in total. The number of ether oxygens (including phenoxy) is 1. The summed E-state index contributed by atoms with van der Waals surface area (Å²) in [4.78, 5) is 12.7. The van der Waals surface area contributed by atoms with Crippen LogP contribution in [-0.4, -0.2) is 31.1 Å². The fourth-order valence-electron chi connectivity index (χ4n) is 3.62. The Kier molecular flexibility index (Phi) is 7.37. The number of rotatable bonds is 6. The molecule has 4 rings (SSSR count). The zero-order valence-corrected chi connectivity index (χ0v) is 21.7. The summed E-state index contributed by atoms with van der Waals surface area (Å²) in [6, 6.07) is 15.6. The predicted octanol–water partition coefficient (Wildman–Crippen LogP) is 7.08. The van der Waals surface area contributed by atoms with Crippen molar-refractivity contribution in [2.75, 3.05) is 12.4 Å². The lowest BCUT2D eigenvalue weighted by Gasteiger charge is -2.12. The molecule has 0 aliphatic carbocycles. The van der Waals surface area contributed by atoms with Crippen LogP contribution >= 0.6 is 23.2 Å². The molecule has 4 aromatic carbocycles. The maximum atomic E-state index is 13.1. The van der Waals surface area contributed by atoms with Gasteiger partial charge >= 0.3 is 0 Å². The van der Waals surface area contributed by atoms with Gasteiger partial charge in [-0.3, -0.25) is 9.35 Å². The van der Waals surface area contributed by atoms with Crippen LogP contribution in [-0.2, 0) is 10.1 Å². The second-order valence-electron chi connectivity index (χ2n) is 7.84. The number of nitrogens with zero attached hydrogens (tertiary/aromatic N) is 2. The van der Waals surface area contributed by atoms with Crippen LogP contribution in [0.1, 0.15) is 15.9 Å². The minimum Gasteiger partial charge on any atom is -0.505 e. The number of amides is 1. The van der Waals surface area contributed by atoms with Gasteiger partial charge in [-0.05, 0) is 48.2 Å². The summed E-state index contributed by atoms with van der Waals surface area (Å²) in [7, 11) is -2.99. The number of fused-ring (bicyclic) bond motifs is 1. The number of benzene rings is 4. The topological polar surface area (TPSA) is 138 Å². The van der Waals surface area contributed by atoms with E-state index in [0.717, 1.165) is 6.07 Å². The van der Waals surface area contributed by atoms with Crippen LogP contribution in [0.2, 0.25) is 10.0 Å². The van der Waals surface area contributed by atoms with Gasteiger partial charge in [0.15, 0.2) is 5.75 Å². The molecule has 190 valence electrons. The summed E-state index contributed by atoms with van der Waals surface area (Å²) in [5.41, 5.74) is 0.402. The second kappa shape index (κ2) is 10.3. The van der Waals surface area contributed by atoms with Crippen LogP contribution in [0.4, 0.5) is 17.1 Å². The Morgan fingerprint density at radius 1 is 1.03 bits per heavy atom. The molecule has 0 unspecified atom stereocenters. The Morgan fingerprint density at radius 3 is 2.43 bits per heavy atom. The molecule has 0 aliphatic heterocycles. The second-order valence-corrected chi connectivity index (χ2v) is 10.0. The van der Waals surface area contributed by atoms with E-state index in [1.165, 1.54) is 32.2 Å². The van der Waals surface area contributed by atoms with Crippen LogP contribution in [0.25, 0.3) is 10.8 Å². The normalized spacial score (nSPS) is 11.7. The van der Waals surface area contributed by atoms with E-state index in [0.29, 0.717) is 22.2 Å². The molecule has 37 heavy (non-hydrogen) atoms. The van der Waals surface area contributed by atoms with Crippen LogP contribution < -0.4 is 10.1 Å². The van der Waals surface area contributed by atoms with Crippen molar-refractivity contribution in [1.29, 1.82) is 0 Å². The molecule has 1 amide bonds.